The summed E-state index contributed by atoms with van der Waals surface area (Å²) in [6.45, 7) is 7.30. The molecule has 0 saturated heterocycles. The number of amides is 1. The highest BCUT2D eigenvalue weighted by atomic mass is 32.2. The Balaban J connectivity index is 1.82. The van der Waals surface area contributed by atoms with Gasteiger partial charge in [0.05, 0.1) is 15.8 Å². The molecule has 1 heterocycles. The van der Waals surface area contributed by atoms with Crippen molar-refractivity contribution in [3.8, 4) is 11.3 Å². The summed E-state index contributed by atoms with van der Waals surface area (Å²) < 4.78 is 24.7. The predicted octanol–water partition coefficient (Wildman–Crippen LogP) is 4.86. The highest BCUT2D eigenvalue weighted by molar-refractivity contribution is 7.92. The number of nitrogens with zero attached hydrogens (tertiary/aromatic N) is 1. The van der Waals surface area contributed by atoms with Gasteiger partial charge in [-0.25, -0.2) is 13.4 Å². The fraction of sp³-hybridized carbons (Fsp3) is 0.238. The second-order valence-corrected chi connectivity index (χ2v) is 10.3. The zero-order valence-corrected chi connectivity index (χ0v) is 17.8. The zero-order valence-electron chi connectivity index (χ0n) is 16.2. The molecule has 1 N–H and O–H groups in total. The molecule has 1 aromatic heterocycles. The Labute approximate surface area is 169 Å². The standard InChI is InChI=1S/C21H22N2O3S2/c1-13(2)28(25,26)17-7-5-6-16(11-17)20(24)23-21-22-19(12-27-21)18-9-8-14(3)10-15(18)4/h5-13H,1-4H3,(H,22,23,24). The summed E-state index contributed by atoms with van der Waals surface area (Å²) in [6, 6.07) is 12.2. The van der Waals surface area contributed by atoms with Crippen molar-refractivity contribution in [2.45, 2.75) is 37.8 Å². The Kier molecular flexibility index (Phi) is 5.67. The first kappa shape index (κ1) is 20.2. The number of rotatable bonds is 5. The molecular weight excluding hydrogens is 392 g/mol. The van der Waals surface area contributed by atoms with E-state index in [9.17, 15) is 13.2 Å². The number of carbonyl (C=O) groups excluding carboxylic acids is 1. The van der Waals surface area contributed by atoms with Gasteiger partial charge in [-0.3, -0.25) is 10.1 Å². The fourth-order valence-electron chi connectivity index (χ4n) is 2.81. The number of thiazole rings is 1. The number of hydrogen-bond acceptors (Lipinski definition) is 5. The van der Waals surface area contributed by atoms with Crippen molar-refractivity contribution in [1.29, 1.82) is 0 Å². The quantitative estimate of drug-likeness (QED) is 0.647. The summed E-state index contributed by atoms with van der Waals surface area (Å²) in [7, 11) is -3.44. The Morgan fingerprint density at radius 3 is 2.54 bits per heavy atom. The minimum atomic E-state index is -3.44. The van der Waals surface area contributed by atoms with Crippen LogP contribution in [-0.2, 0) is 9.84 Å². The molecule has 3 rings (SSSR count). The van der Waals surface area contributed by atoms with Gasteiger partial charge in [0.25, 0.3) is 5.91 Å². The maximum absolute atomic E-state index is 12.6. The van der Waals surface area contributed by atoms with Gasteiger partial charge in [0, 0.05) is 16.5 Å². The smallest absolute Gasteiger partial charge is 0.257 e. The second kappa shape index (κ2) is 7.85. The molecule has 146 valence electrons. The number of benzene rings is 2. The van der Waals surface area contributed by atoms with E-state index in [4.69, 9.17) is 0 Å². The van der Waals surface area contributed by atoms with Crippen LogP contribution in [0.2, 0.25) is 0 Å². The maximum Gasteiger partial charge on any atom is 0.257 e. The SMILES string of the molecule is Cc1ccc(-c2csc(NC(=O)c3cccc(S(=O)(=O)C(C)C)c3)n2)c(C)c1. The van der Waals surface area contributed by atoms with Gasteiger partial charge < -0.3 is 0 Å². The van der Waals surface area contributed by atoms with Crippen LogP contribution < -0.4 is 5.32 Å². The third-order valence-electron chi connectivity index (χ3n) is 4.43. The molecule has 0 spiro atoms. The largest absolute Gasteiger partial charge is 0.298 e. The number of aromatic nitrogens is 1. The van der Waals surface area contributed by atoms with Crippen LogP contribution in [0, 0.1) is 13.8 Å². The Morgan fingerprint density at radius 1 is 1.11 bits per heavy atom. The van der Waals surface area contributed by atoms with Crippen LogP contribution in [0.3, 0.4) is 0 Å². The fourth-order valence-corrected chi connectivity index (χ4v) is 4.62. The van der Waals surface area contributed by atoms with E-state index in [1.165, 1.54) is 29.0 Å². The first-order valence-corrected chi connectivity index (χ1v) is 11.3. The molecule has 7 heteroatoms. The molecule has 1 amide bonds. The van der Waals surface area contributed by atoms with E-state index in [0.29, 0.717) is 5.13 Å². The molecule has 0 aliphatic carbocycles. The molecule has 0 bridgehead atoms. The minimum Gasteiger partial charge on any atom is -0.298 e. The monoisotopic (exact) mass is 414 g/mol. The van der Waals surface area contributed by atoms with Gasteiger partial charge in [0.15, 0.2) is 15.0 Å². The van der Waals surface area contributed by atoms with Gasteiger partial charge in [-0.1, -0.05) is 29.8 Å². The second-order valence-electron chi connectivity index (χ2n) is 6.93. The zero-order chi connectivity index (χ0) is 20.5. The summed E-state index contributed by atoms with van der Waals surface area (Å²) >= 11 is 1.33. The number of nitrogens with one attached hydrogen (secondary N) is 1. The Bertz CT molecular complexity index is 1130. The number of hydrogen-bond donors (Lipinski definition) is 1. The summed E-state index contributed by atoms with van der Waals surface area (Å²) in [5.74, 6) is -0.387. The van der Waals surface area contributed by atoms with E-state index in [1.54, 1.807) is 26.0 Å². The summed E-state index contributed by atoms with van der Waals surface area (Å²) in [4.78, 5) is 17.2. The number of carbonyl (C=O) groups is 1. The van der Waals surface area contributed by atoms with Crippen molar-refractivity contribution in [1.82, 2.24) is 4.98 Å². The summed E-state index contributed by atoms with van der Waals surface area (Å²) in [5.41, 5.74) is 4.40. The summed E-state index contributed by atoms with van der Waals surface area (Å²) in [6.07, 6.45) is 0. The van der Waals surface area contributed by atoms with Crippen molar-refractivity contribution in [2.75, 3.05) is 5.32 Å². The van der Waals surface area contributed by atoms with Crippen LogP contribution in [0.1, 0.15) is 35.3 Å². The van der Waals surface area contributed by atoms with Crippen molar-refractivity contribution in [3.05, 3.63) is 64.5 Å². The third-order valence-corrected chi connectivity index (χ3v) is 7.34. The average Bonchev–Trinajstić information content (AvgIpc) is 3.09. The molecule has 0 radical (unpaired) electrons. The van der Waals surface area contributed by atoms with E-state index >= 15 is 0 Å². The highest BCUT2D eigenvalue weighted by Gasteiger charge is 2.20. The van der Waals surface area contributed by atoms with Crippen LogP contribution in [-0.4, -0.2) is 24.6 Å². The normalized spacial score (nSPS) is 11.6. The van der Waals surface area contributed by atoms with Crippen LogP contribution in [0.4, 0.5) is 5.13 Å². The van der Waals surface area contributed by atoms with Gasteiger partial charge in [0.2, 0.25) is 0 Å². The molecule has 28 heavy (non-hydrogen) atoms. The molecule has 0 unspecified atom stereocenters. The lowest BCUT2D eigenvalue weighted by Gasteiger charge is -2.09. The predicted molar refractivity (Wildman–Crippen MR) is 114 cm³/mol. The molecule has 0 aliphatic rings. The van der Waals surface area contributed by atoms with E-state index in [-0.39, 0.29) is 16.4 Å². The van der Waals surface area contributed by atoms with E-state index < -0.39 is 15.1 Å². The first-order chi connectivity index (χ1) is 13.2. The highest BCUT2D eigenvalue weighted by Crippen LogP contribution is 2.28. The van der Waals surface area contributed by atoms with Crippen LogP contribution in [0.15, 0.2) is 52.7 Å². The molecule has 2 aromatic carbocycles. The van der Waals surface area contributed by atoms with Crippen molar-refractivity contribution < 1.29 is 13.2 Å². The van der Waals surface area contributed by atoms with Crippen molar-refractivity contribution in [2.24, 2.45) is 0 Å². The average molecular weight is 415 g/mol. The Morgan fingerprint density at radius 2 is 1.86 bits per heavy atom. The minimum absolute atomic E-state index is 0.144. The van der Waals surface area contributed by atoms with Crippen LogP contribution in [0.5, 0.6) is 0 Å². The maximum atomic E-state index is 12.6. The van der Waals surface area contributed by atoms with Gasteiger partial charge in [-0.2, -0.15) is 0 Å². The molecule has 0 aliphatic heterocycles. The lowest BCUT2D eigenvalue weighted by Crippen LogP contribution is -2.16. The number of sulfone groups is 1. The van der Waals surface area contributed by atoms with Crippen LogP contribution >= 0.6 is 11.3 Å². The van der Waals surface area contributed by atoms with E-state index in [2.05, 4.69) is 16.4 Å². The van der Waals surface area contributed by atoms with Crippen molar-refractivity contribution >= 4 is 32.2 Å². The molecule has 0 fully saturated rings. The molecule has 5 nitrogen and oxygen atoms in total. The number of aryl methyl sites for hydroxylation is 2. The third kappa shape index (κ3) is 4.15. The van der Waals surface area contributed by atoms with Gasteiger partial charge in [-0.05, 0) is 51.5 Å². The molecular formula is C21H22N2O3S2. The lowest BCUT2D eigenvalue weighted by atomic mass is 10.0. The van der Waals surface area contributed by atoms with Gasteiger partial charge in [0.1, 0.15) is 0 Å². The van der Waals surface area contributed by atoms with E-state index in [0.717, 1.165) is 16.8 Å². The lowest BCUT2D eigenvalue weighted by molar-refractivity contribution is 0.102. The molecule has 0 saturated carbocycles. The van der Waals surface area contributed by atoms with Crippen molar-refractivity contribution in [3.63, 3.8) is 0 Å². The molecule has 3 aromatic rings. The van der Waals surface area contributed by atoms with Gasteiger partial charge >= 0.3 is 0 Å². The topological polar surface area (TPSA) is 76.1 Å². The van der Waals surface area contributed by atoms with E-state index in [1.807, 2.05) is 31.4 Å². The number of anilines is 1. The summed E-state index contributed by atoms with van der Waals surface area (Å²) in [5, 5.41) is 4.58. The molecule has 0 atom stereocenters. The van der Waals surface area contributed by atoms with Crippen LogP contribution in [0.25, 0.3) is 11.3 Å². The van der Waals surface area contributed by atoms with Gasteiger partial charge in [-0.15, -0.1) is 11.3 Å². The first-order valence-electron chi connectivity index (χ1n) is 8.87. The Hall–Kier alpha value is -2.51.